The van der Waals surface area contributed by atoms with Crippen LogP contribution in [0.4, 0.5) is 0 Å². The Bertz CT molecular complexity index is 989. The molecule has 4 aromatic rings. The Morgan fingerprint density at radius 2 is 2.00 bits per heavy atom. The normalized spacial score (nSPS) is 12.9. The first kappa shape index (κ1) is 15.3. The predicted octanol–water partition coefficient (Wildman–Crippen LogP) is 3.93. The van der Waals surface area contributed by atoms with E-state index in [4.69, 9.17) is 4.74 Å². The molecule has 24 heavy (non-hydrogen) atoms. The second-order valence-corrected chi connectivity index (χ2v) is 6.85. The number of imidazole rings is 1. The lowest BCUT2D eigenvalue weighted by Crippen LogP contribution is -2.21. The van der Waals surface area contributed by atoms with Gasteiger partial charge in [0.05, 0.1) is 19.3 Å². The summed E-state index contributed by atoms with van der Waals surface area (Å²) in [4.78, 5) is 4.54. The van der Waals surface area contributed by atoms with E-state index in [1.807, 2.05) is 10.8 Å². The minimum Gasteiger partial charge on any atom is -0.389 e. The Morgan fingerprint density at radius 3 is 2.88 bits per heavy atom. The lowest BCUT2D eigenvalue weighted by atomic mass is 10.1. The van der Waals surface area contributed by atoms with E-state index in [1.54, 1.807) is 24.6 Å². The fourth-order valence-electron chi connectivity index (χ4n) is 3.10. The molecule has 0 bridgehead atoms. The van der Waals surface area contributed by atoms with Crippen LogP contribution in [-0.2, 0) is 11.3 Å². The van der Waals surface area contributed by atoms with Gasteiger partial charge in [-0.1, -0.05) is 30.3 Å². The van der Waals surface area contributed by atoms with Crippen molar-refractivity contribution < 1.29 is 9.84 Å². The average molecular weight is 338 g/mol. The van der Waals surface area contributed by atoms with E-state index in [9.17, 15) is 5.11 Å². The number of fused-ring (bicyclic) bond motifs is 3. The van der Waals surface area contributed by atoms with Gasteiger partial charge in [0.25, 0.3) is 0 Å². The smallest absolute Gasteiger partial charge is 0.141 e. The zero-order valence-corrected chi connectivity index (χ0v) is 14.2. The van der Waals surface area contributed by atoms with Crippen LogP contribution in [0.15, 0.2) is 54.9 Å². The number of rotatable bonds is 5. The monoisotopic (exact) mass is 338 g/mol. The third kappa shape index (κ3) is 2.60. The first-order valence-corrected chi connectivity index (χ1v) is 8.68. The molecule has 122 valence electrons. The van der Waals surface area contributed by atoms with E-state index in [2.05, 4.69) is 47.4 Å². The van der Waals surface area contributed by atoms with E-state index < -0.39 is 6.10 Å². The van der Waals surface area contributed by atoms with Crippen molar-refractivity contribution in [1.29, 1.82) is 0 Å². The van der Waals surface area contributed by atoms with Crippen LogP contribution in [0.5, 0.6) is 0 Å². The molecule has 1 atom stereocenters. The molecule has 2 heterocycles. The van der Waals surface area contributed by atoms with Crippen molar-refractivity contribution in [3.05, 3.63) is 54.9 Å². The lowest BCUT2D eigenvalue weighted by molar-refractivity contribution is 0.0539. The molecule has 4 rings (SSSR count). The molecule has 5 heteroatoms. The quantitative estimate of drug-likeness (QED) is 0.600. The summed E-state index contributed by atoms with van der Waals surface area (Å²) in [6.07, 6.45) is 3.13. The topological polar surface area (TPSA) is 47.3 Å². The Labute approximate surface area is 143 Å². The minimum atomic E-state index is -0.551. The standard InChI is InChI=1S/C19H18N2O2S/c1-23-12-13(22)11-21-10-9-20-19(21)16-7-4-6-15-14-5-2-3-8-17(14)24-18(15)16/h2-10,13,22H,11-12H2,1H3. The Hall–Kier alpha value is -2.21. The molecule has 0 amide bonds. The average Bonchev–Trinajstić information content (AvgIpc) is 3.19. The number of benzene rings is 2. The second kappa shape index (κ2) is 6.36. The fraction of sp³-hybridized carbons (Fsp3) is 0.211. The second-order valence-electron chi connectivity index (χ2n) is 5.79. The van der Waals surface area contributed by atoms with Crippen LogP contribution < -0.4 is 0 Å². The van der Waals surface area contributed by atoms with Gasteiger partial charge in [-0.2, -0.15) is 0 Å². The predicted molar refractivity (Wildman–Crippen MR) is 98.4 cm³/mol. The summed E-state index contributed by atoms with van der Waals surface area (Å²) in [6.45, 7) is 0.773. The molecular weight excluding hydrogens is 320 g/mol. The highest BCUT2D eigenvalue weighted by Gasteiger charge is 2.15. The molecular formula is C19H18N2O2S. The van der Waals surface area contributed by atoms with E-state index in [0.29, 0.717) is 13.2 Å². The molecule has 0 aliphatic carbocycles. The van der Waals surface area contributed by atoms with Crippen molar-refractivity contribution >= 4 is 31.5 Å². The third-order valence-electron chi connectivity index (χ3n) is 4.13. The molecule has 0 fully saturated rings. The van der Waals surface area contributed by atoms with E-state index in [-0.39, 0.29) is 0 Å². The van der Waals surface area contributed by atoms with E-state index in [0.717, 1.165) is 11.4 Å². The van der Waals surface area contributed by atoms with Crippen LogP contribution in [-0.4, -0.2) is 34.5 Å². The van der Waals surface area contributed by atoms with Gasteiger partial charge in [0.2, 0.25) is 0 Å². The number of thiophene rings is 1. The van der Waals surface area contributed by atoms with Crippen LogP contribution in [0.1, 0.15) is 0 Å². The number of aromatic nitrogens is 2. The Morgan fingerprint density at radius 1 is 1.17 bits per heavy atom. The highest BCUT2D eigenvalue weighted by atomic mass is 32.1. The molecule has 1 unspecified atom stereocenters. The van der Waals surface area contributed by atoms with Crippen LogP contribution in [0.2, 0.25) is 0 Å². The lowest BCUT2D eigenvalue weighted by Gasteiger charge is -2.13. The van der Waals surface area contributed by atoms with Gasteiger partial charge in [-0.25, -0.2) is 4.98 Å². The molecule has 0 saturated carbocycles. The summed E-state index contributed by atoms with van der Waals surface area (Å²) in [5.41, 5.74) is 1.10. The molecule has 4 nitrogen and oxygen atoms in total. The van der Waals surface area contributed by atoms with Crippen LogP contribution in [0.25, 0.3) is 31.6 Å². The first-order valence-electron chi connectivity index (χ1n) is 7.86. The number of nitrogens with zero attached hydrogens (tertiary/aromatic N) is 2. The van der Waals surface area contributed by atoms with Crippen molar-refractivity contribution in [2.45, 2.75) is 12.6 Å². The van der Waals surface area contributed by atoms with E-state index >= 15 is 0 Å². The third-order valence-corrected chi connectivity index (χ3v) is 5.35. The largest absolute Gasteiger partial charge is 0.389 e. The molecule has 2 aromatic carbocycles. The minimum absolute atomic E-state index is 0.310. The van der Waals surface area contributed by atoms with Crippen molar-refractivity contribution in [2.75, 3.05) is 13.7 Å². The van der Waals surface area contributed by atoms with Crippen LogP contribution in [0, 0.1) is 0 Å². The van der Waals surface area contributed by atoms with Gasteiger partial charge in [0, 0.05) is 45.2 Å². The zero-order valence-electron chi connectivity index (χ0n) is 13.3. The maximum absolute atomic E-state index is 10.0. The first-order chi connectivity index (χ1) is 11.8. The van der Waals surface area contributed by atoms with Crippen LogP contribution in [0.3, 0.4) is 0 Å². The summed E-state index contributed by atoms with van der Waals surface area (Å²) in [5, 5.41) is 12.6. The maximum atomic E-state index is 10.0. The van der Waals surface area contributed by atoms with Gasteiger partial charge < -0.3 is 14.4 Å². The fourth-order valence-corrected chi connectivity index (χ4v) is 4.31. The van der Waals surface area contributed by atoms with Gasteiger partial charge >= 0.3 is 0 Å². The molecule has 0 aliphatic rings. The zero-order chi connectivity index (χ0) is 16.5. The molecule has 0 aliphatic heterocycles. The summed E-state index contributed by atoms with van der Waals surface area (Å²) in [7, 11) is 1.59. The number of hydrogen-bond donors (Lipinski definition) is 1. The van der Waals surface area contributed by atoms with Gasteiger partial charge in [-0.3, -0.25) is 0 Å². The van der Waals surface area contributed by atoms with Crippen molar-refractivity contribution in [2.24, 2.45) is 0 Å². The Kier molecular flexibility index (Phi) is 4.06. The van der Waals surface area contributed by atoms with Crippen molar-refractivity contribution in [1.82, 2.24) is 9.55 Å². The summed E-state index contributed by atoms with van der Waals surface area (Å²) < 4.78 is 9.52. The van der Waals surface area contributed by atoms with Gasteiger partial charge in [0.15, 0.2) is 0 Å². The molecule has 2 aromatic heterocycles. The number of methoxy groups -OCH3 is 1. The van der Waals surface area contributed by atoms with Crippen molar-refractivity contribution in [3.63, 3.8) is 0 Å². The highest BCUT2D eigenvalue weighted by molar-refractivity contribution is 7.26. The van der Waals surface area contributed by atoms with Gasteiger partial charge in [0.1, 0.15) is 5.82 Å². The highest BCUT2D eigenvalue weighted by Crippen LogP contribution is 2.39. The Balaban J connectivity index is 1.84. The van der Waals surface area contributed by atoms with Crippen LogP contribution >= 0.6 is 11.3 Å². The summed E-state index contributed by atoms with van der Waals surface area (Å²) >= 11 is 1.78. The SMILES string of the molecule is COCC(O)Cn1ccnc1-c1cccc2c1sc1ccccc12. The summed E-state index contributed by atoms with van der Waals surface area (Å²) in [6, 6.07) is 14.8. The molecule has 0 radical (unpaired) electrons. The number of hydrogen-bond acceptors (Lipinski definition) is 4. The maximum Gasteiger partial charge on any atom is 0.141 e. The van der Waals surface area contributed by atoms with E-state index in [1.165, 1.54) is 20.2 Å². The summed E-state index contributed by atoms with van der Waals surface area (Å²) in [5.74, 6) is 0.877. The molecule has 0 spiro atoms. The molecule has 0 saturated heterocycles. The molecule has 1 N–H and O–H groups in total. The van der Waals surface area contributed by atoms with Gasteiger partial charge in [-0.05, 0) is 12.1 Å². The number of aliphatic hydroxyl groups excluding tert-OH is 1. The van der Waals surface area contributed by atoms with Crippen molar-refractivity contribution in [3.8, 4) is 11.4 Å². The number of ether oxygens (including phenoxy) is 1. The number of aliphatic hydroxyl groups is 1. The van der Waals surface area contributed by atoms with Gasteiger partial charge in [-0.15, -0.1) is 11.3 Å².